The van der Waals surface area contributed by atoms with Crippen LogP contribution >= 0.6 is 0 Å². The summed E-state index contributed by atoms with van der Waals surface area (Å²) in [6, 6.07) is 14.3. The van der Waals surface area contributed by atoms with E-state index in [4.69, 9.17) is 4.74 Å². The highest BCUT2D eigenvalue weighted by Gasteiger charge is 2.27. The van der Waals surface area contributed by atoms with Gasteiger partial charge in [0, 0.05) is 48.7 Å². The van der Waals surface area contributed by atoms with E-state index >= 15 is 0 Å². The van der Waals surface area contributed by atoms with Crippen molar-refractivity contribution in [1.82, 2.24) is 15.6 Å². The monoisotopic (exact) mass is 395 g/mol. The zero-order valence-corrected chi connectivity index (χ0v) is 16.3. The van der Waals surface area contributed by atoms with E-state index in [1.807, 2.05) is 18.3 Å². The third-order valence-corrected chi connectivity index (χ3v) is 5.46. The number of aromatic nitrogens is 1. The number of hydrogen-bond donors (Lipinski definition) is 3. The van der Waals surface area contributed by atoms with Gasteiger partial charge in [-0.05, 0) is 36.6 Å². The number of aromatic amines is 1. The molecule has 1 fully saturated rings. The molecular formula is C23H26FN3O2. The fraction of sp³-hybridized carbons (Fsp3) is 0.348. The summed E-state index contributed by atoms with van der Waals surface area (Å²) in [6.07, 6.45) is 3.57. The number of ether oxygens (including phenoxy) is 1. The molecule has 1 aromatic heterocycles. The van der Waals surface area contributed by atoms with Gasteiger partial charge >= 0.3 is 0 Å². The van der Waals surface area contributed by atoms with Gasteiger partial charge in [0.15, 0.2) is 0 Å². The first-order valence-electron chi connectivity index (χ1n) is 10.1. The molecule has 6 heteroatoms. The molecule has 0 bridgehead atoms. The maximum atomic E-state index is 13.3. The number of amides is 1. The van der Waals surface area contributed by atoms with Gasteiger partial charge in [0.05, 0.1) is 12.5 Å². The summed E-state index contributed by atoms with van der Waals surface area (Å²) < 4.78 is 19.0. The molecule has 5 nitrogen and oxygen atoms in total. The van der Waals surface area contributed by atoms with Crippen LogP contribution in [-0.4, -0.2) is 37.1 Å². The van der Waals surface area contributed by atoms with Gasteiger partial charge in [0.1, 0.15) is 11.6 Å². The number of fused-ring (bicyclic) bond motifs is 1. The topological polar surface area (TPSA) is 66.2 Å². The number of carbonyl (C=O) groups is 1. The summed E-state index contributed by atoms with van der Waals surface area (Å²) in [5, 5.41) is 7.60. The summed E-state index contributed by atoms with van der Waals surface area (Å²) in [7, 11) is 0. The first-order chi connectivity index (χ1) is 14.2. The Labute approximate surface area is 169 Å². The molecule has 0 saturated carbocycles. The average molecular weight is 395 g/mol. The fourth-order valence-corrected chi connectivity index (χ4v) is 3.93. The van der Waals surface area contributed by atoms with Crippen molar-refractivity contribution in [2.75, 3.05) is 26.2 Å². The Morgan fingerprint density at radius 3 is 2.97 bits per heavy atom. The molecule has 1 aliphatic rings. The number of hydrogen-bond acceptors (Lipinski definition) is 3. The van der Waals surface area contributed by atoms with E-state index in [0.717, 1.165) is 24.9 Å². The van der Waals surface area contributed by atoms with Gasteiger partial charge in [0.2, 0.25) is 5.91 Å². The molecule has 2 atom stereocenters. The molecule has 0 radical (unpaired) electrons. The summed E-state index contributed by atoms with van der Waals surface area (Å²) in [5.74, 6) is 0.434. The Balaban J connectivity index is 1.24. The van der Waals surface area contributed by atoms with Crippen molar-refractivity contribution in [3.63, 3.8) is 0 Å². The molecule has 1 aliphatic heterocycles. The van der Waals surface area contributed by atoms with Crippen molar-refractivity contribution in [3.05, 3.63) is 66.1 Å². The molecular weight excluding hydrogens is 369 g/mol. The Hall–Kier alpha value is -2.86. The minimum Gasteiger partial charge on any atom is -0.493 e. The van der Waals surface area contributed by atoms with E-state index in [9.17, 15) is 9.18 Å². The molecule has 2 aromatic carbocycles. The predicted octanol–water partition coefficient (Wildman–Crippen LogP) is 3.27. The molecule has 0 spiro atoms. The molecule has 1 amide bonds. The van der Waals surface area contributed by atoms with Crippen molar-refractivity contribution >= 4 is 16.8 Å². The number of para-hydroxylation sites is 1. The van der Waals surface area contributed by atoms with Gasteiger partial charge in [-0.3, -0.25) is 4.79 Å². The normalized spacial score (nSPS) is 19.2. The maximum absolute atomic E-state index is 13.3. The largest absolute Gasteiger partial charge is 0.493 e. The second kappa shape index (κ2) is 9.09. The van der Waals surface area contributed by atoms with E-state index in [-0.39, 0.29) is 23.6 Å². The van der Waals surface area contributed by atoms with Crippen LogP contribution in [0.3, 0.4) is 0 Å². The third-order valence-electron chi connectivity index (χ3n) is 5.46. The first-order valence-corrected chi connectivity index (χ1v) is 10.1. The molecule has 4 rings (SSSR count). The molecule has 1 saturated heterocycles. The van der Waals surface area contributed by atoms with Crippen LogP contribution in [0.4, 0.5) is 4.39 Å². The number of H-pyrrole nitrogens is 1. The van der Waals surface area contributed by atoms with Gasteiger partial charge in [0.25, 0.3) is 0 Å². The van der Waals surface area contributed by atoms with E-state index in [0.29, 0.717) is 25.4 Å². The average Bonchev–Trinajstić information content (AvgIpc) is 3.16. The van der Waals surface area contributed by atoms with Crippen LogP contribution in [-0.2, 0) is 11.2 Å². The molecule has 0 unspecified atom stereocenters. The SMILES string of the molecule is O=C(NCCc1c[nH]c2ccccc12)[C@H]1CNC[C@@H](COc2cccc(F)c2)C1. The number of benzene rings is 2. The van der Waals surface area contributed by atoms with Crippen molar-refractivity contribution in [2.24, 2.45) is 11.8 Å². The quantitative estimate of drug-likeness (QED) is 0.575. The third kappa shape index (κ3) is 4.95. The lowest BCUT2D eigenvalue weighted by Crippen LogP contribution is -2.45. The zero-order valence-electron chi connectivity index (χ0n) is 16.3. The van der Waals surface area contributed by atoms with Crippen LogP contribution in [0.15, 0.2) is 54.7 Å². The van der Waals surface area contributed by atoms with Crippen LogP contribution in [0.25, 0.3) is 10.9 Å². The minimum atomic E-state index is -0.309. The second-order valence-corrected chi connectivity index (χ2v) is 7.63. The Bertz CT molecular complexity index is 971. The van der Waals surface area contributed by atoms with Gasteiger partial charge in [-0.15, -0.1) is 0 Å². The predicted molar refractivity (Wildman–Crippen MR) is 111 cm³/mol. The highest BCUT2D eigenvalue weighted by molar-refractivity contribution is 5.83. The van der Waals surface area contributed by atoms with Crippen molar-refractivity contribution < 1.29 is 13.9 Å². The van der Waals surface area contributed by atoms with Crippen LogP contribution in [0, 0.1) is 17.7 Å². The summed E-state index contributed by atoms with van der Waals surface area (Å²) in [4.78, 5) is 15.9. The van der Waals surface area contributed by atoms with E-state index < -0.39 is 0 Å². The number of halogens is 1. The summed E-state index contributed by atoms with van der Waals surface area (Å²) in [5.41, 5.74) is 2.33. The Kier molecular flexibility index (Phi) is 6.10. The Morgan fingerprint density at radius 1 is 1.17 bits per heavy atom. The lowest BCUT2D eigenvalue weighted by molar-refractivity contribution is -0.126. The number of piperidine rings is 1. The Morgan fingerprint density at radius 2 is 2.07 bits per heavy atom. The van der Waals surface area contributed by atoms with Gasteiger partial charge in [-0.2, -0.15) is 0 Å². The van der Waals surface area contributed by atoms with Gasteiger partial charge < -0.3 is 20.4 Å². The minimum absolute atomic E-state index is 0.0761. The number of carbonyl (C=O) groups excluding carboxylic acids is 1. The molecule has 3 aromatic rings. The lowest BCUT2D eigenvalue weighted by atomic mass is 9.90. The van der Waals surface area contributed by atoms with E-state index in [1.54, 1.807) is 12.1 Å². The van der Waals surface area contributed by atoms with Crippen LogP contribution in [0.5, 0.6) is 5.75 Å². The molecule has 2 heterocycles. The summed E-state index contributed by atoms with van der Waals surface area (Å²) in [6.45, 7) is 2.56. The van der Waals surface area contributed by atoms with Gasteiger partial charge in [-0.1, -0.05) is 24.3 Å². The van der Waals surface area contributed by atoms with E-state index in [1.165, 1.54) is 23.1 Å². The first kappa shape index (κ1) is 19.5. The number of rotatable bonds is 7. The molecule has 152 valence electrons. The van der Waals surface area contributed by atoms with Crippen molar-refractivity contribution in [3.8, 4) is 5.75 Å². The molecule has 29 heavy (non-hydrogen) atoms. The summed E-state index contributed by atoms with van der Waals surface area (Å²) >= 11 is 0. The van der Waals surface area contributed by atoms with Gasteiger partial charge in [-0.25, -0.2) is 4.39 Å². The van der Waals surface area contributed by atoms with E-state index in [2.05, 4.69) is 27.8 Å². The highest BCUT2D eigenvalue weighted by Crippen LogP contribution is 2.20. The number of nitrogens with one attached hydrogen (secondary N) is 3. The standard InChI is InChI=1S/C23H26FN3O2/c24-19-4-3-5-20(11-19)29-15-16-10-18(13-25-12-16)23(28)26-9-8-17-14-27-22-7-2-1-6-21(17)22/h1-7,11,14,16,18,25,27H,8-10,12-13,15H2,(H,26,28)/t16-,18+/m0/s1. The van der Waals surface area contributed by atoms with Crippen LogP contribution < -0.4 is 15.4 Å². The smallest absolute Gasteiger partial charge is 0.224 e. The zero-order chi connectivity index (χ0) is 20.1. The second-order valence-electron chi connectivity index (χ2n) is 7.63. The maximum Gasteiger partial charge on any atom is 0.224 e. The van der Waals surface area contributed by atoms with Crippen molar-refractivity contribution in [1.29, 1.82) is 0 Å². The highest BCUT2D eigenvalue weighted by atomic mass is 19.1. The molecule has 0 aliphatic carbocycles. The fourth-order valence-electron chi connectivity index (χ4n) is 3.93. The van der Waals surface area contributed by atoms with Crippen LogP contribution in [0.1, 0.15) is 12.0 Å². The molecule has 3 N–H and O–H groups in total. The van der Waals surface area contributed by atoms with Crippen LogP contribution in [0.2, 0.25) is 0 Å². The van der Waals surface area contributed by atoms with Crippen molar-refractivity contribution in [2.45, 2.75) is 12.8 Å². The lowest BCUT2D eigenvalue weighted by Gasteiger charge is -2.29.